The van der Waals surface area contributed by atoms with Crippen molar-refractivity contribution >= 4 is 11.6 Å². The van der Waals surface area contributed by atoms with E-state index in [2.05, 4.69) is 40.8 Å². The van der Waals surface area contributed by atoms with E-state index in [0.29, 0.717) is 13.0 Å². The molecule has 2 fully saturated rings. The molecule has 2 aromatic heterocycles. The van der Waals surface area contributed by atoms with Crippen molar-refractivity contribution in [3.05, 3.63) is 53.6 Å². The fourth-order valence-corrected chi connectivity index (χ4v) is 4.69. The highest BCUT2D eigenvalue weighted by Gasteiger charge is 2.41. The van der Waals surface area contributed by atoms with E-state index in [1.54, 1.807) is 6.20 Å². The summed E-state index contributed by atoms with van der Waals surface area (Å²) >= 11 is 0. The first kappa shape index (κ1) is 18.0. The maximum absolute atomic E-state index is 12.5. The number of anilines is 1. The largest absolute Gasteiger partial charge is 0.371 e. The van der Waals surface area contributed by atoms with Crippen LogP contribution < -0.4 is 4.90 Å². The van der Waals surface area contributed by atoms with E-state index < -0.39 is 0 Å². The number of likely N-dealkylation sites (tertiary alicyclic amines) is 1. The summed E-state index contributed by atoms with van der Waals surface area (Å²) in [6.45, 7) is 7.67. The van der Waals surface area contributed by atoms with Crippen LogP contribution in [-0.2, 0) is 11.3 Å². The molecule has 0 aromatic carbocycles. The Bertz CT molecular complexity index is 802. The van der Waals surface area contributed by atoms with Crippen molar-refractivity contribution in [2.75, 3.05) is 24.5 Å². The van der Waals surface area contributed by atoms with Gasteiger partial charge in [0.1, 0.15) is 0 Å². The lowest BCUT2D eigenvalue weighted by atomic mass is 9.73. The Labute approximate surface area is 161 Å². The van der Waals surface area contributed by atoms with Gasteiger partial charge in [-0.05, 0) is 57.4 Å². The van der Waals surface area contributed by atoms with Gasteiger partial charge in [-0.25, -0.2) is 0 Å². The second-order valence-electron chi connectivity index (χ2n) is 8.20. The van der Waals surface area contributed by atoms with Gasteiger partial charge in [-0.2, -0.15) is 0 Å². The molecule has 0 aliphatic carbocycles. The van der Waals surface area contributed by atoms with Crippen LogP contribution >= 0.6 is 0 Å². The highest BCUT2D eigenvalue weighted by Crippen LogP contribution is 2.40. The third-order valence-electron chi connectivity index (χ3n) is 5.92. The zero-order valence-corrected chi connectivity index (χ0v) is 16.3. The lowest BCUT2D eigenvalue weighted by Crippen LogP contribution is -2.54. The maximum atomic E-state index is 12.5. The van der Waals surface area contributed by atoms with E-state index in [4.69, 9.17) is 0 Å². The molecule has 1 atom stereocenters. The Balaban J connectivity index is 1.52. The van der Waals surface area contributed by atoms with Crippen molar-refractivity contribution < 1.29 is 4.79 Å². The zero-order chi connectivity index (χ0) is 18.9. The number of aromatic nitrogens is 2. The maximum Gasteiger partial charge on any atom is 0.222 e. The fourth-order valence-electron chi connectivity index (χ4n) is 4.69. The minimum Gasteiger partial charge on any atom is -0.371 e. The summed E-state index contributed by atoms with van der Waals surface area (Å²) in [6.07, 6.45) is 5.81. The molecule has 2 aliphatic heterocycles. The van der Waals surface area contributed by atoms with Crippen LogP contribution in [0, 0.1) is 19.3 Å². The highest BCUT2D eigenvalue weighted by molar-refractivity contribution is 5.77. The number of hydrogen-bond donors (Lipinski definition) is 0. The third kappa shape index (κ3) is 3.97. The lowest BCUT2D eigenvalue weighted by Gasteiger charge is -2.49. The molecule has 1 amide bonds. The summed E-state index contributed by atoms with van der Waals surface area (Å²) < 4.78 is 0. The molecule has 2 saturated heterocycles. The molecule has 0 N–H and O–H groups in total. The standard InChI is InChI=1S/C22H28N4O/c1-17-12-20(13-18(2)24-17)25-11-5-8-22(15-25)9-7-21(27)26(16-22)14-19-6-3-4-10-23-19/h3-4,6,10,12-13H,5,7-9,11,14-16H2,1-2H3. The second kappa shape index (κ2) is 7.29. The van der Waals surface area contributed by atoms with Crippen molar-refractivity contribution in [3.63, 3.8) is 0 Å². The van der Waals surface area contributed by atoms with Crippen LogP contribution in [0.2, 0.25) is 0 Å². The van der Waals surface area contributed by atoms with Gasteiger partial charge in [0.2, 0.25) is 5.91 Å². The Morgan fingerprint density at radius 3 is 2.67 bits per heavy atom. The van der Waals surface area contributed by atoms with Gasteiger partial charge in [-0.15, -0.1) is 0 Å². The third-order valence-corrected chi connectivity index (χ3v) is 5.92. The zero-order valence-electron chi connectivity index (χ0n) is 16.3. The number of hydrogen-bond acceptors (Lipinski definition) is 4. The van der Waals surface area contributed by atoms with E-state index in [9.17, 15) is 4.79 Å². The summed E-state index contributed by atoms with van der Waals surface area (Å²) in [4.78, 5) is 26.0. The number of aryl methyl sites for hydroxylation is 2. The Kier molecular flexibility index (Phi) is 4.85. The molecular formula is C22H28N4O. The predicted octanol–water partition coefficient (Wildman–Crippen LogP) is 3.50. The minimum atomic E-state index is 0.187. The molecule has 1 unspecified atom stereocenters. The Morgan fingerprint density at radius 1 is 1.11 bits per heavy atom. The summed E-state index contributed by atoms with van der Waals surface area (Å²) in [5, 5.41) is 0. The fraction of sp³-hybridized carbons (Fsp3) is 0.500. The number of rotatable bonds is 3. The lowest BCUT2D eigenvalue weighted by molar-refractivity contribution is -0.138. The average Bonchev–Trinajstić information content (AvgIpc) is 2.65. The first-order valence-corrected chi connectivity index (χ1v) is 9.91. The smallest absolute Gasteiger partial charge is 0.222 e. The first-order chi connectivity index (χ1) is 13.0. The van der Waals surface area contributed by atoms with E-state index in [1.165, 1.54) is 18.5 Å². The molecule has 4 rings (SSSR count). The van der Waals surface area contributed by atoms with Crippen LogP contribution in [0.4, 0.5) is 5.69 Å². The monoisotopic (exact) mass is 364 g/mol. The molecule has 5 heteroatoms. The quantitative estimate of drug-likeness (QED) is 0.836. The summed E-state index contributed by atoms with van der Waals surface area (Å²) in [5.74, 6) is 0.263. The van der Waals surface area contributed by atoms with Crippen LogP contribution in [0.25, 0.3) is 0 Å². The number of piperidine rings is 2. The number of nitrogens with zero attached hydrogens (tertiary/aromatic N) is 4. The van der Waals surface area contributed by atoms with Gasteiger partial charge >= 0.3 is 0 Å². The summed E-state index contributed by atoms with van der Waals surface area (Å²) in [5.41, 5.74) is 4.56. The summed E-state index contributed by atoms with van der Waals surface area (Å²) in [7, 11) is 0. The van der Waals surface area contributed by atoms with Crippen LogP contribution in [0.3, 0.4) is 0 Å². The second-order valence-corrected chi connectivity index (χ2v) is 8.20. The van der Waals surface area contributed by atoms with Crippen molar-refractivity contribution in [1.82, 2.24) is 14.9 Å². The van der Waals surface area contributed by atoms with Crippen molar-refractivity contribution in [3.8, 4) is 0 Å². The molecule has 5 nitrogen and oxygen atoms in total. The molecule has 0 saturated carbocycles. The van der Waals surface area contributed by atoms with Crippen LogP contribution in [0.15, 0.2) is 36.5 Å². The van der Waals surface area contributed by atoms with Gasteiger partial charge in [0.05, 0.1) is 12.2 Å². The number of carbonyl (C=O) groups is 1. The molecule has 0 radical (unpaired) electrons. The predicted molar refractivity (Wildman–Crippen MR) is 106 cm³/mol. The molecule has 1 spiro atoms. The van der Waals surface area contributed by atoms with E-state index in [-0.39, 0.29) is 11.3 Å². The number of carbonyl (C=O) groups excluding carboxylic acids is 1. The molecule has 142 valence electrons. The van der Waals surface area contributed by atoms with Crippen LogP contribution in [0.5, 0.6) is 0 Å². The minimum absolute atomic E-state index is 0.187. The Morgan fingerprint density at radius 2 is 1.93 bits per heavy atom. The number of amides is 1. The van der Waals surface area contributed by atoms with E-state index in [1.807, 2.05) is 23.1 Å². The normalized spacial score (nSPS) is 23.1. The molecule has 4 heterocycles. The van der Waals surface area contributed by atoms with Crippen molar-refractivity contribution in [2.24, 2.45) is 5.41 Å². The van der Waals surface area contributed by atoms with Gasteiger partial charge in [-0.3, -0.25) is 14.8 Å². The van der Waals surface area contributed by atoms with Gasteiger partial charge < -0.3 is 9.80 Å². The van der Waals surface area contributed by atoms with E-state index >= 15 is 0 Å². The number of pyridine rings is 2. The van der Waals surface area contributed by atoms with Gasteiger partial charge in [0.15, 0.2) is 0 Å². The van der Waals surface area contributed by atoms with Gasteiger partial charge in [-0.1, -0.05) is 6.07 Å². The van der Waals surface area contributed by atoms with Crippen molar-refractivity contribution in [2.45, 2.75) is 46.1 Å². The molecule has 27 heavy (non-hydrogen) atoms. The first-order valence-electron chi connectivity index (χ1n) is 9.91. The van der Waals surface area contributed by atoms with E-state index in [0.717, 1.165) is 43.1 Å². The molecule has 0 bridgehead atoms. The molecular weight excluding hydrogens is 336 g/mol. The van der Waals surface area contributed by atoms with Crippen molar-refractivity contribution in [1.29, 1.82) is 0 Å². The average molecular weight is 364 g/mol. The van der Waals surface area contributed by atoms with Gasteiger partial charge in [0.25, 0.3) is 0 Å². The molecule has 2 aromatic rings. The molecule has 2 aliphatic rings. The van der Waals surface area contributed by atoms with Crippen LogP contribution in [-0.4, -0.2) is 40.4 Å². The van der Waals surface area contributed by atoms with Crippen LogP contribution in [0.1, 0.15) is 42.8 Å². The highest BCUT2D eigenvalue weighted by atomic mass is 16.2. The topological polar surface area (TPSA) is 49.3 Å². The summed E-state index contributed by atoms with van der Waals surface area (Å²) in [6, 6.07) is 10.3. The SMILES string of the molecule is Cc1cc(N2CCCC3(CCC(=O)N(Cc4ccccn4)C3)C2)cc(C)n1. The van der Waals surface area contributed by atoms with Gasteiger partial charge in [0, 0.05) is 54.7 Å². The Hall–Kier alpha value is -2.43.